The quantitative estimate of drug-likeness (QED) is 0.500. The number of nitrogens with zero attached hydrogens (tertiary/aromatic N) is 5. The fourth-order valence-electron chi connectivity index (χ4n) is 2.88. The topological polar surface area (TPSA) is 95.9 Å². The molecule has 0 aliphatic carbocycles. The van der Waals surface area contributed by atoms with Crippen LogP contribution in [-0.4, -0.2) is 33.4 Å². The second-order valence-corrected chi connectivity index (χ2v) is 8.57. The molecule has 0 saturated carbocycles. The molecule has 0 fully saturated rings. The Morgan fingerprint density at radius 3 is 2.66 bits per heavy atom. The number of thioether (sulfide) groups is 1. The molecule has 7 nitrogen and oxygen atoms in total. The van der Waals surface area contributed by atoms with Crippen LogP contribution in [0.3, 0.4) is 0 Å². The van der Waals surface area contributed by atoms with Crippen molar-refractivity contribution in [2.45, 2.75) is 38.8 Å². The zero-order chi connectivity index (χ0) is 20.8. The summed E-state index contributed by atoms with van der Waals surface area (Å²) in [5.41, 5.74) is 3.83. The molecule has 0 saturated heterocycles. The number of carbonyl (C=O) groups excluding carboxylic acids is 1. The van der Waals surface area contributed by atoms with Gasteiger partial charge in [-0.05, 0) is 44.0 Å². The predicted molar refractivity (Wildman–Crippen MR) is 113 cm³/mol. The van der Waals surface area contributed by atoms with Crippen LogP contribution in [0.15, 0.2) is 33.2 Å². The number of benzene rings is 1. The summed E-state index contributed by atoms with van der Waals surface area (Å²) in [6, 6.07) is 8.06. The lowest BCUT2D eigenvalue weighted by Crippen LogP contribution is -2.33. The van der Waals surface area contributed by atoms with Gasteiger partial charge < -0.3 is 9.32 Å². The zero-order valence-electron chi connectivity index (χ0n) is 16.5. The van der Waals surface area contributed by atoms with Crippen molar-refractivity contribution in [1.29, 1.82) is 5.26 Å². The van der Waals surface area contributed by atoms with Crippen LogP contribution in [0.1, 0.15) is 34.1 Å². The molecule has 1 aromatic carbocycles. The molecule has 0 bridgehead atoms. The van der Waals surface area contributed by atoms with E-state index in [-0.39, 0.29) is 18.1 Å². The molecule has 9 heteroatoms. The van der Waals surface area contributed by atoms with Gasteiger partial charge in [-0.2, -0.15) is 5.26 Å². The van der Waals surface area contributed by atoms with Crippen molar-refractivity contribution in [3.8, 4) is 6.07 Å². The molecule has 1 amide bonds. The number of nitriles is 1. The first-order valence-corrected chi connectivity index (χ1v) is 10.9. The van der Waals surface area contributed by atoms with E-state index >= 15 is 0 Å². The van der Waals surface area contributed by atoms with Crippen LogP contribution in [-0.2, 0) is 11.2 Å². The SMILES string of the molecule is Cc1cc(C)cc(N(CCC#N)C(=O)CSc2nnc(Cc3csc(C)n3)o2)c1. The lowest BCUT2D eigenvalue weighted by Gasteiger charge is -2.22. The molecule has 3 rings (SSSR count). The zero-order valence-corrected chi connectivity index (χ0v) is 18.1. The number of thiazole rings is 1. The lowest BCUT2D eigenvalue weighted by atomic mass is 10.1. The Morgan fingerprint density at radius 1 is 1.24 bits per heavy atom. The van der Waals surface area contributed by atoms with Gasteiger partial charge in [-0.15, -0.1) is 21.5 Å². The maximum absolute atomic E-state index is 12.8. The number of anilines is 1. The molecule has 0 aliphatic heterocycles. The van der Waals surface area contributed by atoms with E-state index in [4.69, 9.17) is 9.68 Å². The highest BCUT2D eigenvalue weighted by molar-refractivity contribution is 7.99. The Labute approximate surface area is 177 Å². The molecular weight excluding hydrogens is 406 g/mol. The third-order valence-corrected chi connectivity index (χ3v) is 5.66. The van der Waals surface area contributed by atoms with Gasteiger partial charge in [-0.3, -0.25) is 4.79 Å². The Hall–Kier alpha value is -2.70. The van der Waals surface area contributed by atoms with Crippen LogP contribution >= 0.6 is 23.1 Å². The summed E-state index contributed by atoms with van der Waals surface area (Å²) in [5, 5.41) is 20.3. The highest BCUT2D eigenvalue weighted by Crippen LogP contribution is 2.23. The first kappa shape index (κ1) is 21.0. The highest BCUT2D eigenvalue weighted by atomic mass is 32.2. The summed E-state index contributed by atoms with van der Waals surface area (Å²) in [4.78, 5) is 18.9. The van der Waals surface area contributed by atoms with E-state index < -0.39 is 0 Å². The summed E-state index contributed by atoms with van der Waals surface area (Å²) in [6.07, 6.45) is 0.740. The monoisotopic (exact) mass is 427 g/mol. The van der Waals surface area contributed by atoms with E-state index in [0.717, 1.165) is 27.5 Å². The third kappa shape index (κ3) is 5.89. The van der Waals surface area contributed by atoms with Gasteiger partial charge in [0.2, 0.25) is 11.8 Å². The first-order chi connectivity index (χ1) is 13.9. The fourth-order valence-corrected chi connectivity index (χ4v) is 4.15. The third-order valence-electron chi connectivity index (χ3n) is 4.03. The van der Waals surface area contributed by atoms with Crippen molar-refractivity contribution >= 4 is 34.7 Å². The number of rotatable bonds is 8. The van der Waals surface area contributed by atoms with Gasteiger partial charge in [0.15, 0.2) is 0 Å². The van der Waals surface area contributed by atoms with Gasteiger partial charge >= 0.3 is 0 Å². The van der Waals surface area contributed by atoms with Crippen LogP contribution in [0.2, 0.25) is 0 Å². The highest BCUT2D eigenvalue weighted by Gasteiger charge is 2.18. The number of carbonyl (C=O) groups is 1. The summed E-state index contributed by atoms with van der Waals surface area (Å²) in [5.74, 6) is 0.515. The minimum absolute atomic E-state index is 0.106. The van der Waals surface area contributed by atoms with Crippen LogP contribution in [0, 0.1) is 32.1 Å². The molecule has 0 unspecified atom stereocenters. The van der Waals surface area contributed by atoms with E-state index in [1.807, 2.05) is 38.3 Å². The van der Waals surface area contributed by atoms with Crippen molar-refractivity contribution in [3.63, 3.8) is 0 Å². The number of aromatic nitrogens is 3. The molecule has 0 N–H and O–H groups in total. The minimum atomic E-state index is -0.106. The van der Waals surface area contributed by atoms with Crippen molar-refractivity contribution in [1.82, 2.24) is 15.2 Å². The van der Waals surface area contributed by atoms with Crippen molar-refractivity contribution in [2.75, 3.05) is 17.2 Å². The average Bonchev–Trinajstić information content (AvgIpc) is 3.28. The molecule has 2 aromatic heterocycles. The van der Waals surface area contributed by atoms with E-state index in [2.05, 4.69) is 27.3 Å². The normalized spacial score (nSPS) is 10.7. The van der Waals surface area contributed by atoms with Crippen molar-refractivity contribution < 1.29 is 9.21 Å². The van der Waals surface area contributed by atoms with E-state index in [1.165, 1.54) is 11.8 Å². The van der Waals surface area contributed by atoms with Gasteiger partial charge in [-0.25, -0.2) is 4.98 Å². The standard InChI is InChI=1S/C20H21N5O2S2/c1-13-7-14(2)9-17(8-13)25(6-4-5-21)19(26)12-29-20-24-23-18(27-20)10-16-11-28-15(3)22-16/h7-9,11H,4,6,10,12H2,1-3H3. The van der Waals surface area contributed by atoms with Gasteiger partial charge in [-0.1, -0.05) is 17.8 Å². The number of hydrogen-bond donors (Lipinski definition) is 0. The Morgan fingerprint density at radius 2 is 2.00 bits per heavy atom. The number of hydrogen-bond acceptors (Lipinski definition) is 8. The van der Waals surface area contributed by atoms with E-state index in [0.29, 0.717) is 24.1 Å². The second kappa shape index (κ2) is 9.67. The number of amides is 1. The average molecular weight is 428 g/mol. The minimum Gasteiger partial charge on any atom is -0.416 e. The summed E-state index contributed by atoms with van der Waals surface area (Å²) < 4.78 is 5.63. The smallest absolute Gasteiger partial charge is 0.277 e. The lowest BCUT2D eigenvalue weighted by molar-refractivity contribution is -0.116. The summed E-state index contributed by atoms with van der Waals surface area (Å²) in [6.45, 7) is 6.27. The van der Waals surface area contributed by atoms with Gasteiger partial charge in [0, 0.05) is 17.6 Å². The van der Waals surface area contributed by atoms with Crippen LogP contribution in [0.5, 0.6) is 0 Å². The Kier molecular flexibility index (Phi) is 7.01. The Balaban J connectivity index is 1.64. The van der Waals surface area contributed by atoms with E-state index in [9.17, 15) is 4.79 Å². The maximum atomic E-state index is 12.8. The van der Waals surface area contributed by atoms with Crippen LogP contribution in [0.4, 0.5) is 5.69 Å². The molecule has 2 heterocycles. The van der Waals surface area contributed by atoms with E-state index in [1.54, 1.807) is 16.2 Å². The van der Waals surface area contributed by atoms with Crippen molar-refractivity contribution in [2.24, 2.45) is 0 Å². The number of aryl methyl sites for hydroxylation is 3. The largest absolute Gasteiger partial charge is 0.416 e. The molecule has 0 atom stereocenters. The molecule has 0 aliphatic rings. The van der Waals surface area contributed by atoms with Gasteiger partial charge in [0.1, 0.15) is 0 Å². The maximum Gasteiger partial charge on any atom is 0.277 e. The summed E-state index contributed by atoms with van der Waals surface area (Å²) in [7, 11) is 0. The van der Waals surface area contributed by atoms with Crippen LogP contribution in [0.25, 0.3) is 0 Å². The molecule has 0 spiro atoms. The first-order valence-electron chi connectivity index (χ1n) is 9.06. The summed E-state index contributed by atoms with van der Waals surface area (Å²) >= 11 is 2.77. The fraction of sp³-hybridized carbons (Fsp3) is 0.350. The molecule has 150 valence electrons. The predicted octanol–water partition coefficient (Wildman–Crippen LogP) is 4.08. The molecular formula is C20H21N5O2S2. The molecule has 0 radical (unpaired) electrons. The van der Waals surface area contributed by atoms with Crippen molar-refractivity contribution in [3.05, 3.63) is 51.3 Å². The Bertz CT molecular complexity index is 1020. The molecule has 29 heavy (non-hydrogen) atoms. The van der Waals surface area contributed by atoms with Gasteiger partial charge in [0.05, 0.1) is 35.4 Å². The second-order valence-electron chi connectivity index (χ2n) is 6.58. The van der Waals surface area contributed by atoms with Crippen LogP contribution < -0.4 is 4.90 Å². The molecule has 3 aromatic rings. The van der Waals surface area contributed by atoms with Gasteiger partial charge in [0.25, 0.3) is 5.22 Å².